The van der Waals surface area contributed by atoms with E-state index >= 15 is 0 Å². The topological polar surface area (TPSA) is 67.2 Å². The molecule has 1 atom stereocenters. The highest BCUT2D eigenvalue weighted by molar-refractivity contribution is 5.91. The molecule has 1 amide bonds. The molecular weight excluding hydrogens is 242 g/mol. The lowest BCUT2D eigenvalue weighted by Crippen LogP contribution is -2.39. The molecule has 1 unspecified atom stereocenters. The van der Waals surface area contributed by atoms with Crippen LogP contribution in [-0.4, -0.2) is 23.5 Å². The van der Waals surface area contributed by atoms with E-state index in [9.17, 15) is 4.79 Å². The van der Waals surface area contributed by atoms with E-state index in [-0.39, 0.29) is 11.9 Å². The van der Waals surface area contributed by atoms with E-state index in [1.165, 1.54) is 0 Å². The SMILES string of the molecule is CC(C)CNC(=O)C(C)Nc1nccc2occc12. The van der Waals surface area contributed by atoms with Crippen LogP contribution >= 0.6 is 0 Å². The standard InChI is InChI=1S/C14H19N3O2/c1-9(2)8-16-14(18)10(3)17-13-11-5-7-19-12(11)4-6-15-13/h4-7,9-10H,8H2,1-3H3,(H,15,17)(H,16,18). The summed E-state index contributed by atoms with van der Waals surface area (Å²) in [6.45, 7) is 6.61. The third kappa shape index (κ3) is 3.24. The maximum absolute atomic E-state index is 11.9. The van der Waals surface area contributed by atoms with Crippen molar-refractivity contribution in [3.05, 3.63) is 24.6 Å². The molecule has 102 valence electrons. The first kappa shape index (κ1) is 13.4. The normalized spacial score (nSPS) is 12.6. The van der Waals surface area contributed by atoms with Crippen molar-refractivity contribution in [1.82, 2.24) is 10.3 Å². The Kier molecular flexibility index (Phi) is 4.04. The van der Waals surface area contributed by atoms with Gasteiger partial charge >= 0.3 is 0 Å². The van der Waals surface area contributed by atoms with Crippen LogP contribution in [0.3, 0.4) is 0 Å². The molecule has 0 bridgehead atoms. The van der Waals surface area contributed by atoms with Crippen molar-refractivity contribution in [3.63, 3.8) is 0 Å². The molecule has 5 nitrogen and oxygen atoms in total. The van der Waals surface area contributed by atoms with Crippen molar-refractivity contribution in [2.24, 2.45) is 5.92 Å². The molecule has 0 saturated carbocycles. The summed E-state index contributed by atoms with van der Waals surface area (Å²) < 4.78 is 5.30. The molecule has 0 spiro atoms. The fourth-order valence-electron chi connectivity index (χ4n) is 1.74. The Morgan fingerprint density at radius 2 is 2.16 bits per heavy atom. The number of amides is 1. The van der Waals surface area contributed by atoms with E-state index in [2.05, 4.69) is 29.5 Å². The molecular formula is C14H19N3O2. The van der Waals surface area contributed by atoms with Gasteiger partial charge in [-0.15, -0.1) is 0 Å². The number of aromatic nitrogens is 1. The molecule has 5 heteroatoms. The van der Waals surface area contributed by atoms with Crippen molar-refractivity contribution in [3.8, 4) is 0 Å². The first-order chi connectivity index (χ1) is 9.08. The van der Waals surface area contributed by atoms with Gasteiger partial charge in [0.25, 0.3) is 0 Å². The second-order valence-electron chi connectivity index (χ2n) is 5.00. The number of hydrogen-bond donors (Lipinski definition) is 2. The van der Waals surface area contributed by atoms with Crippen LogP contribution in [0.5, 0.6) is 0 Å². The van der Waals surface area contributed by atoms with Gasteiger partial charge in [0.2, 0.25) is 5.91 Å². The first-order valence-electron chi connectivity index (χ1n) is 6.44. The minimum absolute atomic E-state index is 0.0315. The number of fused-ring (bicyclic) bond motifs is 1. The van der Waals surface area contributed by atoms with Crippen LogP contribution < -0.4 is 10.6 Å². The average molecular weight is 261 g/mol. The number of anilines is 1. The van der Waals surface area contributed by atoms with Crippen LogP contribution in [-0.2, 0) is 4.79 Å². The quantitative estimate of drug-likeness (QED) is 0.867. The van der Waals surface area contributed by atoms with Gasteiger partial charge in [0, 0.05) is 12.7 Å². The highest BCUT2D eigenvalue weighted by Gasteiger charge is 2.15. The van der Waals surface area contributed by atoms with Crippen molar-refractivity contribution >= 4 is 22.7 Å². The zero-order valence-corrected chi connectivity index (χ0v) is 11.4. The fourth-order valence-corrected chi connectivity index (χ4v) is 1.74. The van der Waals surface area contributed by atoms with Crippen LogP contribution in [0, 0.1) is 5.92 Å². The molecule has 2 aromatic rings. The number of carbonyl (C=O) groups excluding carboxylic acids is 1. The lowest BCUT2D eigenvalue weighted by Gasteiger charge is -2.15. The molecule has 0 saturated heterocycles. The molecule has 2 rings (SSSR count). The minimum atomic E-state index is -0.341. The molecule has 2 aromatic heterocycles. The average Bonchev–Trinajstić information content (AvgIpc) is 2.85. The van der Waals surface area contributed by atoms with Crippen LogP contribution in [0.1, 0.15) is 20.8 Å². The molecule has 2 N–H and O–H groups in total. The molecule has 19 heavy (non-hydrogen) atoms. The zero-order chi connectivity index (χ0) is 13.8. The van der Waals surface area contributed by atoms with E-state index in [0.29, 0.717) is 18.3 Å². The lowest BCUT2D eigenvalue weighted by atomic mass is 10.2. The van der Waals surface area contributed by atoms with Gasteiger partial charge in [0.1, 0.15) is 17.4 Å². The second-order valence-corrected chi connectivity index (χ2v) is 5.00. The number of pyridine rings is 1. The van der Waals surface area contributed by atoms with E-state index in [1.807, 2.05) is 13.0 Å². The van der Waals surface area contributed by atoms with Gasteiger partial charge in [-0.1, -0.05) is 13.8 Å². The summed E-state index contributed by atoms with van der Waals surface area (Å²) in [5, 5.41) is 6.88. The number of hydrogen-bond acceptors (Lipinski definition) is 4. The number of nitrogens with zero attached hydrogens (tertiary/aromatic N) is 1. The molecule has 0 aromatic carbocycles. The van der Waals surface area contributed by atoms with Gasteiger partial charge in [-0.2, -0.15) is 0 Å². The van der Waals surface area contributed by atoms with Gasteiger partial charge in [0.05, 0.1) is 11.6 Å². The van der Waals surface area contributed by atoms with Crippen molar-refractivity contribution in [2.45, 2.75) is 26.8 Å². The molecule has 2 heterocycles. The molecule has 0 fully saturated rings. The summed E-state index contributed by atoms with van der Waals surface area (Å²) in [7, 11) is 0. The summed E-state index contributed by atoms with van der Waals surface area (Å²) in [4.78, 5) is 16.1. The van der Waals surface area contributed by atoms with Gasteiger partial charge in [0.15, 0.2) is 0 Å². The van der Waals surface area contributed by atoms with Crippen molar-refractivity contribution in [1.29, 1.82) is 0 Å². The van der Waals surface area contributed by atoms with E-state index in [0.717, 1.165) is 11.0 Å². The summed E-state index contributed by atoms with van der Waals surface area (Å²) in [5.74, 6) is 1.07. The molecule has 0 aliphatic carbocycles. The Morgan fingerprint density at radius 1 is 1.37 bits per heavy atom. The number of carbonyl (C=O) groups is 1. The minimum Gasteiger partial charge on any atom is -0.464 e. The number of nitrogens with one attached hydrogen (secondary N) is 2. The first-order valence-corrected chi connectivity index (χ1v) is 6.44. The third-order valence-electron chi connectivity index (χ3n) is 2.81. The van der Waals surface area contributed by atoms with Crippen molar-refractivity contribution in [2.75, 3.05) is 11.9 Å². The zero-order valence-electron chi connectivity index (χ0n) is 11.4. The van der Waals surface area contributed by atoms with Crippen LogP contribution in [0.2, 0.25) is 0 Å². The van der Waals surface area contributed by atoms with Gasteiger partial charge in [-0.25, -0.2) is 4.98 Å². The summed E-state index contributed by atoms with van der Waals surface area (Å²) in [6.07, 6.45) is 3.27. The second kappa shape index (κ2) is 5.73. The Labute approximate surface area is 112 Å². The van der Waals surface area contributed by atoms with Gasteiger partial charge < -0.3 is 15.1 Å². The predicted octanol–water partition coefficient (Wildman–Crippen LogP) is 2.40. The van der Waals surface area contributed by atoms with Crippen LogP contribution in [0.15, 0.2) is 29.0 Å². The van der Waals surface area contributed by atoms with Crippen LogP contribution in [0.25, 0.3) is 11.0 Å². The summed E-state index contributed by atoms with van der Waals surface area (Å²) in [6, 6.07) is 3.29. The van der Waals surface area contributed by atoms with E-state index in [1.54, 1.807) is 18.5 Å². The third-order valence-corrected chi connectivity index (χ3v) is 2.81. The monoisotopic (exact) mass is 261 g/mol. The predicted molar refractivity (Wildman–Crippen MR) is 74.9 cm³/mol. The highest BCUT2D eigenvalue weighted by Crippen LogP contribution is 2.22. The van der Waals surface area contributed by atoms with E-state index in [4.69, 9.17) is 4.42 Å². The molecule has 0 aliphatic rings. The van der Waals surface area contributed by atoms with Gasteiger partial charge in [-0.05, 0) is 25.0 Å². The molecule has 0 aliphatic heterocycles. The Hall–Kier alpha value is -2.04. The smallest absolute Gasteiger partial charge is 0.242 e. The fraction of sp³-hybridized carbons (Fsp3) is 0.429. The lowest BCUT2D eigenvalue weighted by molar-refractivity contribution is -0.121. The Balaban J connectivity index is 2.04. The Morgan fingerprint density at radius 3 is 2.89 bits per heavy atom. The van der Waals surface area contributed by atoms with E-state index < -0.39 is 0 Å². The number of rotatable bonds is 5. The maximum Gasteiger partial charge on any atom is 0.242 e. The highest BCUT2D eigenvalue weighted by atomic mass is 16.3. The maximum atomic E-state index is 11.9. The summed E-state index contributed by atoms with van der Waals surface area (Å²) in [5.41, 5.74) is 0.757. The van der Waals surface area contributed by atoms with Crippen molar-refractivity contribution < 1.29 is 9.21 Å². The number of furan rings is 1. The van der Waals surface area contributed by atoms with Gasteiger partial charge in [-0.3, -0.25) is 4.79 Å². The summed E-state index contributed by atoms with van der Waals surface area (Å²) >= 11 is 0. The Bertz CT molecular complexity index is 563. The molecule has 0 radical (unpaired) electrons. The largest absolute Gasteiger partial charge is 0.464 e. The van der Waals surface area contributed by atoms with Crippen LogP contribution in [0.4, 0.5) is 5.82 Å².